The van der Waals surface area contributed by atoms with Crippen LogP contribution >= 0.6 is 0 Å². The van der Waals surface area contributed by atoms with Gasteiger partial charge in [0.1, 0.15) is 5.82 Å². The molecule has 0 radical (unpaired) electrons. The van der Waals surface area contributed by atoms with E-state index in [1.807, 2.05) is 0 Å². The van der Waals surface area contributed by atoms with E-state index >= 15 is 0 Å². The molecule has 28 heavy (non-hydrogen) atoms. The lowest BCUT2D eigenvalue weighted by Gasteiger charge is -2.21. The SMILES string of the molecule is [C-]#[N+]c1ccc(NC(=O)C2(C)CC(c3ccc(F)cc3)=NO2)cc1C(F)(F)F. The Kier molecular flexibility index (Phi) is 4.81. The number of rotatable bonds is 3. The van der Waals surface area contributed by atoms with Crippen LogP contribution in [0.15, 0.2) is 47.6 Å². The Bertz CT molecular complexity index is 994. The third-order valence-electron chi connectivity index (χ3n) is 4.20. The molecule has 3 rings (SSSR count). The van der Waals surface area contributed by atoms with Crippen LogP contribution in [-0.4, -0.2) is 17.2 Å². The number of oxime groups is 1. The molecule has 0 bridgehead atoms. The molecular formula is C19H13F4N3O2. The van der Waals surface area contributed by atoms with Crippen molar-refractivity contribution in [1.29, 1.82) is 0 Å². The minimum absolute atomic E-state index is 0.0523. The van der Waals surface area contributed by atoms with E-state index in [1.165, 1.54) is 37.3 Å². The standard InChI is InChI=1S/C19H13F4N3O2/c1-18(10-16(26-28-18)11-3-5-12(20)6-4-11)17(27)25-13-7-8-15(24-2)14(9-13)19(21,22)23/h3-9H,10H2,1H3,(H,25,27). The van der Waals surface area contributed by atoms with Crippen molar-refractivity contribution in [3.05, 3.63) is 70.8 Å². The Hall–Kier alpha value is -3.41. The maximum Gasteiger partial charge on any atom is 0.407 e. The first-order valence-electron chi connectivity index (χ1n) is 8.03. The molecule has 0 spiro atoms. The van der Waals surface area contributed by atoms with E-state index < -0.39 is 34.8 Å². The van der Waals surface area contributed by atoms with Gasteiger partial charge >= 0.3 is 6.18 Å². The first kappa shape index (κ1) is 19.4. The maximum atomic E-state index is 13.1. The van der Waals surface area contributed by atoms with Crippen LogP contribution in [0.5, 0.6) is 0 Å². The molecule has 1 unspecified atom stereocenters. The monoisotopic (exact) mass is 391 g/mol. The lowest BCUT2D eigenvalue weighted by Crippen LogP contribution is -2.40. The van der Waals surface area contributed by atoms with Crippen LogP contribution in [-0.2, 0) is 15.8 Å². The van der Waals surface area contributed by atoms with Gasteiger partial charge in [-0.15, -0.1) is 0 Å². The molecule has 1 heterocycles. The van der Waals surface area contributed by atoms with Gasteiger partial charge in [0.25, 0.3) is 5.91 Å². The second-order valence-corrected chi connectivity index (χ2v) is 6.34. The molecule has 0 saturated carbocycles. The molecule has 1 N–H and O–H groups in total. The van der Waals surface area contributed by atoms with Gasteiger partial charge in [0.05, 0.1) is 17.8 Å². The summed E-state index contributed by atoms with van der Waals surface area (Å²) in [5, 5.41) is 6.22. The van der Waals surface area contributed by atoms with E-state index in [0.29, 0.717) is 17.3 Å². The summed E-state index contributed by atoms with van der Waals surface area (Å²) in [5.74, 6) is -1.12. The molecule has 2 aromatic carbocycles. The molecule has 144 valence electrons. The van der Waals surface area contributed by atoms with Gasteiger partial charge in [-0.1, -0.05) is 23.4 Å². The summed E-state index contributed by atoms with van der Waals surface area (Å²) in [6.45, 7) is 8.28. The third-order valence-corrected chi connectivity index (χ3v) is 4.20. The fourth-order valence-corrected chi connectivity index (χ4v) is 2.66. The summed E-state index contributed by atoms with van der Waals surface area (Å²) in [6.07, 6.45) is -4.68. The number of anilines is 1. The number of hydrogen-bond donors (Lipinski definition) is 1. The molecule has 5 nitrogen and oxygen atoms in total. The zero-order valence-electron chi connectivity index (χ0n) is 14.5. The van der Waals surface area contributed by atoms with Crippen LogP contribution in [0.3, 0.4) is 0 Å². The molecule has 1 atom stereocenters. The molecule has 9 heteroatoms. The van der Waals surface area contributed by atoms with Gasteiger partial charge < -0.3 is 10.2 Å². The zero-order chi connectivity index (χ0) is 20.5. The molecule has 1 amide bonds. The Morgan fingerprint density at radius 3 is 2.54 bits per heavy atom. The maximum absolute atomic E-state index is 13.1. The number of nitrogens with zero attached hydrogens (tertiary/aromatic N) is 2. The molecule has 0 aromatic heterocycles. The smallest absolute Gasteiger partial charge is 0.379 e. The van der Waals surface area contributed by atoms with Crippen molar-refractivity contribution in [2.24, 2.45) is 5.16 Å². The van der Waals surface area contributed by atoms with E-state index in [4.69, 9.17) is 11.4 Å². The van der Waals surface area contributed by atoms with Gasteiger partial charge in [0, 0.05) is 12.1 Å². The predicted molar refractivity (Wildman–Crippen MR) is 93.4 cm³/mol. The topological polar surface area (TPSA) is 55.0 Å². The van der Waals surface area contributed by atoms with Gasteiger partial charge in [0.2, 0.25) is 5.60 Å². The van der Waals surface area contributed by atoms with E-state index in [9.17, 15) is 22.4 Å². The van der Waals surface area contributed by atoms with Gasteiger partial charge in [-0.2, -0.15) is 13.2 Å². The van der Waals surface area contributed by atoms with Crippen molar-refractivity contribution in [2.45, 2.75) is 25.1 Å². The van der Waals surface area contributed by atoms with Crippen LogP contribution < -0.4 is 5.32 Å². The Morgan fingerprint density at radius 1 is 1.25 bits per heavy atom. The first-order valence-corrected chi connectivity index (χ1v) is 8.03. The van der Waals surface area contributed by atoms with Gasteiger partial charge in [0.15, 0.2) is 5.69 Å². The van der Waals surface area contributed by atoms with Gasteiger partial charge in [-0.3, -0.25) is 4.79 Å². The van der Waals surface area contributed by atoms with Crippen LogP contribution in [0.2, 0.25) is 0 Å². The molecule has 0 saturated heterocycles. The van der Waals surface area contributed by atoms with Gasteiger partial charge in [-0.25, -0.2) is 9.24 Å². The van der Waals surface area contributed by atoms with E-state index in [2.05, 4.69) is 15.3 Å². The molecule has 0 aliphatic carbocycles. The van der Waals surface area contributed by atoms with Crippen molar-refractivity contribution in [1.82, 2.24) is 0 Å². The average molecular weight is 391 g/mol. The number of alkyl halides is 3. The number of amides is 1. The van der Waals surface area contributed by atoms with Crippen LogP contribution in [0.4, 0.5) is 28.9 Å². The lowest BCUT2D eigenvalue weighted by atomic mass is 9.95. The highest BCUT2D eigenvalue weighted by Crippen LogP contribution is 2.38. The normalized spacial score (nSPS) is 18.8. The quantitative estimate of drug-likeness (QED) is 0.597. The van der Waals surface area contributed by atoms with Crippen molar-refractivity contribution in [3.63, 3.8) is 0 Å². The highest BCUT2D eigenvalue weighted by atomic mass is 19.4. The zero-order valence-corrected chi connectivity index (χ0v) is 14.5. The molecule has 1 aliphatic heterocycles. The van der Waals surface area contributed by atoms with Crippen LogP contribution in [0.25, 0.3) is 4.85 Å². The van der Waals surface area contributed by atoms with E-state index in [0.717, 1.165) is 6.07 Å². The highest BCUT2D eigenvalue weighted by Gasteiger charge is 2.42. The first-order chi connectivity index (χ1) is 13.1. The second-order valence-electron chi connectivity index (χ2n) is 6.34. The predicted octanol–water partition coefficient (Wildman–Crippen LogP) is 4.92. The number of benzene rings is 2. The fourth-order valence-electron chi connectivity index (χ4n) is 2.66. The highest BCUT2D eigenvalue weighted by molar-refractivity contribution is 6.07. The minimum atomic E-state index is -4.73. The molecule has 2 aromatic rings. The molecule has 0 fully saturated rings. The minimum Gasteiger partial charge on any atom is -0.379 e. The summed E-state index contributed by atoms with van der Waals surface area (Å²) in [7, 11) is 0. The van der Waals surface area contributed by atoms with Gasteiger partial charge in [-0.05, 0) is 36.8 Å². The van der Waals surface area contributed by atoms with Crippen molar-refractivity contribution >= 4 is 23.0 Å². The molecular weight excluding hydrogens is 378 g/mol. The second kappa shape index (κ2) is 6.96. The Balaban J connectivity index is 1.77. The number of hydrogen-bond acceptors (Lipinski definition) is 3. The van der Waals surface area contributed by atoms with Crippen molar-refractivity contribution < 1.29 is 27.2 Å². The average Bonchev–Trinajstić information content (AvgIpc) is 3.05. The Labute approximate surface area is 157 Å². The number of nitrogens with one attached hydrogen (secondary N) is 1. The summed E-state index contributed by atoms with van der Waals surface area (Å²) in [6, 6.07) is 8.35. The van der Waals surface area contributed by atoms with E-state index in [-0.39, 0.29) is 12.1 Å². The third kappa shape index (κ3) is 3.81. The van der Waals surface area contributed by atoms with Crippen LogP contribution in [0, 0.1) is 12.4 Å². The summed E-state index contributed by atoms with van der Waals surface area (Å²) < 4.78 is 52.2. The van der Waals surface area contributed by atoms with Crippen molar-refractivity contribution in [3.8, 4) is 0 Å². The number of halogens is 4. The lowest BCUT2D eigenvalue weighted by molar-refractivity contribution is -0.137. The Morgan fingerprint density at radius 2 is 1.93 bits per heavy atom. The largest absolute Gasteiger partial charge is 0.407 e. The summed E-state index contributed by atoms with van der Waals surface area (Å²) in [5.41, 5.74) is -2.28. The fraction of sp³-hybridized carbons (Fsp3) is 0.211. The molecule has 1 aliphatic rings. The number of carbonyl (C=O) groups excluding carboxylic acids is 1. The summed E-state index contributed by atoms with van der Waals surface area (Å²) >= 11 is 0. The van der Waals surface area contributed by atoms with Crippen LogP contribution in [0.1, 0.15) is 24.5 Å². The van der Waals surface area contributed by atoms with E-state index in [1.54, 1.807) is 0 Å². The number of carbonyl (C=O) groups is 1. The summed E-state index contributed by atoms with van der Waals surface area (Å²) in [4.78, 5) is 20.6. The van der Waals surface area contributed by atoms with Crippen molar-refractivity contribution in [2.75, 3.05) is 5.32 Å².